The fourth-order valence-corrected chi connectivity index (χ4v) is 0.985. The summed E-state index contributed by atoms with van der Waals surface area (Å²) in [6.07, 6.45) is 1.72. The van der Waals surface area contributed by atoms with Gasteiger partial charge in [0.2, 0.25) is 0 Å². The standard InChI is InChI=1S/C8H6N6/c9-6-10-8-11-13-14(12-8)7-4-2-1-3-5-7/h1-5H,(H,10,12). The van der Waals surface area contributed by atoms with Crippen molar-refractivity contribution in [1.29, 1.82) is 5.26 Å². The summed E-state index contributed by atoms with van der Waals surface area (Å²) >= 11 is 0. The third-order valence-corrected chi connectivity index (χ3v) is 1.57. The van der Waals surface area contributed by atoms with Gasteiger partial charge in [0.1, 0.15) is 0 Å². The number of nitriles is 1. The molecule has 14 heavy (non-hydrogen) atoms. The zero-order chi connectivity index (χ0) is 9.80. The van der Waals surface area contributed by atoms with Crippen LogP contribution >= 0.6 is 0 Å². The van der Waals surface area contributed by atoms with E-state index in [2.05, 4.69) is 20.7 Å². The van der Waals surface area contributed by atoms with Crippen molar-refractivity contribution in [3.05, 3.63) is 30.3 Å². The van der Waals surface area contributed by atoms with E-state index in [4.69, 9.17) is 5.26 Å². The van der Waals surface area contributed by atoms with E-state index < -0.39 is 0 Å². The lowest BCUT2D eigenvalue weighted by molar-refractivity contribution is 0.720. The zero-order valence-corrected chi connectivity index (χ0v) is 7.12. The van der Waals surface area contributed by atoms with Gasteiger partial charge in [-0.15, -0.1) is 9.90 Å². The average Bonchev–Trinajstić information content (AvgIpc) is 2.68. The molecule has 0 radical (unpaired) electrons. The van der Waals surface area contributed by atoms with Crippen molar-refractivity contribution in [1.82, 2.24) is 20.2 Å². The number of aromatic nitrogens is 4. The molecule has 0 atom stereocenters. The molecule has 0 fully saturated rings. The fourth-order valence-electron chi connectivity index (χ4n) is 0.985. The van der Waals surface area contributed by atoms with Crippen LogP contribution in [0.25, 0.3) is 5.69 Å². The molecule has 0 unspecified atom stereocenters. The first-order chi connectivity index (χ1) is 6.90. The maximum Gasteiger partial charge on any atom is 0.276 e. The van der Waals surface area contributed by atoms with Crippen molar-refractivity contribution in [3.63, 3.8) is 0 Å². The normalized spacial score (nSPS) is 9.36. The Bertz CT molecular complexity index is 454. The highest BCUT2D eigenvalue weighted by Gasteiger charge is 2.01. The Morgan fingerprint density at radius 1 is 1.29 bits per heavy atom. The lowest BCUT2D eigenvalue weighted by Crippen LogP contribution is -1.98. The summed E-state index contributed by atoms with van der Waals surface area (Å²) in [5.74, 6) is 0.191. The van der Waals surface area contributed by atoms with Crippen LogP contribution in [0.3, 0.4) is 0 Å². The number of benzene rings is 1. The molecular weight excluding hydrogens is 180 g/mol. The zero-order valence-electron chi connectivity index (χ0n) is 7.12. The molecule has 0 saturated carbocycles. The van der Waals surface area contributed by atoms with Crippen LogP contribution in [0.15, 0.2) is 30.3 Å². The van der Waals surface area contributed by atoms with Gasteiger partial charge in [-0.1, -0.05) is 23.3 Å². The second-order valence-electron chi connectivity index (χ2n) is 2.47. The van der Waals surface area contributed by atoms with E-state index in [9.17, 15) is 0 Å². The highest BCUT2D eigenvalue weighted by Crippen LogP contribution is 2.03. The van der Waals surface area contributed by atoms with Crippen molar-refractivity contribution < 1.29 is 0 Å². The molecule has 2 aromatic rings. The molecule has 68 valence electrons. The molecule has 0 aliphatic carbocycles. The molecule has 0 aliphatic heterocycles. The largest absolute Gasteiger partial charge is 0.276 e. The predicted octanol–water partition coefficient (Wildman–Crippen LogP) is 0.555. The molecule has 1 heterocycles. The van der Waals surface area contributed by atoms with Gasteiger partial charge in [-0.05, 0) is 17.3 Å². The van der Waals surface area contributed by atoms with Crippen LogP contribution in [0.1, 0.15) is 0 Å². The van der Waals surface area contributed by atoms with Gasteiger partial charge in [0.25, 0.3) is 5.95 Å². The number of rotatable bonds is 2. The molecule has 0 amide bonds. The van der Waals surface area contributed by atoms with Crippen LogP contribution < -0.4 is 5.32 Å². The average molecular weight is 186 g/mol. The van der Waals surface area contributed by atoms with Gasteiger partial charge in [-0.25, -0.2) is 0 Å². The number of tetrazole rings is 1. The molecule has 0 aliphatic rings. The minimum atomic E-state index is 0.191. The lowest BCUT2D eigenvalue weighted by atomic mass is 10.3. The molecule has 1 aromatic carbocycles. The maximum absolute atomic E-state index is 8.32. The van der Waals surface area contributed by atoms with Crippen LogP contribution in [0.4, 0.5) is 5.95 Å². The van der Waals surface area contributed by atoms with Gasteiger partial charge in [0.15, 0.2) is 6.19 Å². The van der Waals surface area contributed by atoms with E-state index >= 15 is 0 Å². The first kappa shape index (κ1) is 8.19. The summed E-state index contributed by atoms with van der Waals surface area (Å²) in [7, 11) is 0. The van der Waals surface area contributed by atoms with Crippen LogP contribution in [-0.2, 0) is 0 Å². The van der Waals surface area contributed by atoms with Gasteiger partial charge < -0.3 is 0 Å². The second-order valence-corrected chi connectivity index (χ2v) is 2.47. The molecule has 0 bridgehead atoms. The van der Waals surface area contributed by atoms with Crippen LogP contribution in [-0.4, -0.2) is 20.2 Å². The van der Waals surface area contributed by atoms with Gasteiger partial charge in [0, 0.05) is 0 Å². The van der Waals surface area contributed by atoms with Crippen LogP contribution in [0.5, 0.6) is 0 Å². The summed E-state index contributed by atoms with van der Waals surface area (Å²) in [5.41, 5.74) is 0.797. The Labute approximate surface area is 79.8 Å². The van der Waals surface area contributed by atoms with Gasteiger partial charge in [-0.2, -0.15) is 5.26 Å². The first-order valence-corrected chi connectivity index (χ1v) is 3.91. The minimum absolute atomic E-state index is 0.191. The summed E-state index contributed by atoms with van der Waals surface area (Å²) in [6, 6.07) is 9.33. The third-order valence-electron chi connectivity index (χ3n) is 1.57. The number of hydrogen-bond donors (Lipinski definition) is 1. The van der Waals surface area contributed by atoms with E-state index in [-0.39, 0.29) is 5.95 Å². The number of nitrogens with one attached hydrogen (secondary N) is 1. The molecule has 6 nitrogen and oxygen atoms in total. The molecule has 0 spiro atoms. The summed E-state index contributed by atoms with van der Waals surface area (Å²) in [4.78, 5) is 1.35. The van der Waals surface area contributed by atoms with Gasteiger partial charge in [0.05, 0.1) is 5.69 Å². The van der Waals surface area contributed by atoms with Crippen LogP contribution in [0, 0.1) is 11.5 Å². The number of anilines is 1. The Kier molecular flexibility index (Phi) is 2.07. The fraction of sp³-hybridized carbons (Fsp3) is 0. The monoisotopic (exact) mass is 186 g/mol. The maximum atomic E-state index is 8.32. The number of hydrogen-bond acceptors (Lipinski definition) is 5. The molecule has 6 heteroatoms. The molecular formula is C8H6N6. The lowest BCUT2D eigenvalue weighted by Gasteiger charge is -1.94. The SMILES string of the molecule is N#CNc1nnn(-c2ccccc2)n1. The van der Waals surface area contributed by atoms with Gasteiger partial charge in [-0.3, -0.25) is 5.32 Å². The first-order valence-electron chi connectivity index (χ1n) is 3.91. The summed E-state index contributed by atoms with van der Waals surface area (Å²) in [6.45, 7) is 0. The number of para-hydroxylation sites is 1. The van der Waals surface area contributed by atoms with Crippen LogP contribution in [0.2, 0.25) is 0 Å². The molecule has 0 saturated heterocycles. The van der Waals surface area contributed by atoms with E-state index in [1.54, 1.807) is 6.19 Å². The highest BCUT2D eigenvalue weighted by molar-refractivity contribution is 5.31. The summed E-state index contributed by atoms with van der Waals surface area (Å²) < 4.78 is 0. The smallest absolute Gasteiger partial charge is 0.258 e. The Balaban J connectivity index is 2.31. The minimum Gasteiger partial charge on any atom is -0.258 e. The summed E-state index contributed by atoms with van der Waals surface area (Å²) in [5, 5.41) is 21.9. The topological polar surface area (TPSA) is 79.4 Å². The Morgan fingerprint density at radius 3 is 2.79 bits per heavy atom. The highest BCUT2D eigenvalue weighted by atomic mass is 15.6. The van der Waals surface area contributed by atoms with Crippen molar-refractivity contribution in [2.24, 2.45) is 0 Å². The second kappa shape index (κ2) is 3.53. The Hall–Kier alpha value is -2.42. The van der Waals surface area contributed by atoms with E-state index in [1.807, 2.05) is 30.3 Å². The molecule has 2 rings (SSSR count). The van der Waals surface area contributed by atoms with Crippen molar-refractivity contribution in [3.8, 4) is 11.9 Å². The predicted molar refractivity (Wildman–Crippen MR) is 48.4 cm³/mol. The molecule has 1 aromatic heterocycles. The number of nitrogens with zero attached hydrogens (tertiary/aromatic N) is 5. The Morgan fingerprint density at radius 2 is 2.07 bits per heavy atom. The van der Waals surface area contributed by atoms with Crippen molar-refractivity contribution in [2.75, 3.05) is 5.32 Å². The van der Waals surface area contributed by atoms with E-state index in [0.29, 0.717) is 0 Å². The van der Waals surface area contributed by atoms with E-state index in [1.165, 1.54) is 4.80 Å². The van der Waals surface area contributed by atoms with Crippen molar-refractivity contribution in [2.45, 2.75) is 0 Å². The molecule has 1 N–H and O–H groups in total. The van der Waals surface area contributed by atoms with E-state index in [0.717, 1.165) is 5.69 Å². The van der Waals surface area contributed by atoms with Gasteiger partial charge >= 0.3 is 0 Å². The quantitative estimate of drug-likeness (QED) is 0.547. The third kappa shape index (κ3) is 1.51. The van der Waals surface area contributed by atoms with Crippen molar-refractivity contribution >= 4 is 5.95 Å².